The van der Waals surface area contributed by atoms with Crippen molar-refractivity contribution in [3.05, 3.63) is 0 Å². The minimum atomic E-state index is -1.31. The van der Waals surface area contributed by atoms with Crippen molar-refractivity contribution in [2.75, 3.05) is 13.2 Å². The fraction of sp³-hybridized carbons (Fsp3) is 1.00. The molecule has 0 unspecified atom stereocenters. The molecule has 0 aromatic rings. The molecule has 0 fully saturated rings. The van der Waals surface area contributed by atoms with Gasteiger partial charge in [-0.1, -0.05) is 0 Å². The largest absolute Gasteiger partial charge is 0.395 e. The molecule has 0 aliphatic carbocycles. The minimum Gasteiger partial charge on any atom is -0.395 e. The van der Waals surface area contributed by atoms with Gasteiger partial charge < -0.3 is 15.9 Å². The van der Waals surface area contributed by atoms with E-state index >= 15 is 0 Å². The summed E-state index contributed by atoms with van der Waals surface area (Å²) in [6, 6.07) is 0. The van der Waals surface area contributed by atoms with E-state index in [9.17, 15) is 0 Å². The highest BCUT2D eigenvalue weighted by Crippen LogP contribution is 1.85. The summed E-state index contributed by atoms with van der Waals surface area (Å²) >= 11 is 0. The Labute approximate surface area is 43.5 Å². The van der Waals surface area contributed by atoms with Crippen LogP contribution in [-0.4, -0.2) is 36.7 Å². The van der Waals surface area contributed by atoms with Gasteiger partial charge in [-0.2, -0.15) is 0 Å². The summed E-state index contributed by atoms with van der Waals surface area (Å²) in [4.78, 5) is 0. The zero-order valence-corrected chi connectivity index (χ0v) is 3.96. The normalized spacial score (nSPS) is 11.9. The van der Waals surface area contributed by atoms with Gasteiger partial charge in [0.1, 0.15) is 7.85 Å². The van der Waals surface area contributed by atoms with Crippen molar-refractivity contribution in [3.63, 3.8) is 0 Å². The van der Waals surface area contributed by atoms with Gasteiger partial charge in [0, 0.05) is 5.44 Å². The molecule has 0 aliphatic rings. The van der Waals surface area contributed by atoms with E-state index in [2.05, 4.69) is 0 Å². The molecule has 0 saturated carbocycles. The van der Waals surface area contributed by atoms with Crippen LogP contribution in [0, 0.1) is 0 Å². The van der Waals surface area contributed by atoms with Gasteiger partial charge in [-0.25, -0.2) is 0 Å². The second-order valence-electron chi connectivity index (χ2n) is 1.55. The summed E-state index contributed by atoms with van der Waals surface area (Å²) in [5.41, 5.74) is 3.69. The third kappa shape index (κ3) is 2.62. The molecule has 0 saturated heterocycles. The van der Waals surface area contributed by atoms with Crippen LogP contribution in [0.2, 0.25) is 0 Å². The summed E-state index contributed by atoms with van der Waals surface area (Å²) < 4.78 is 0. The fourth-order valence-corrected chi connectivity index (χ4v) is 0.0500. The molecular weight excluding hydrogens is 92.8 g/mol. The van der Waals surface area contributed by atoms with Gasteiger partial charge in [-0.3, -0.25) is 0 Å². The van der Waals surface area contributed by atoms with Crippen LogP contribution in [0.25, 0.3) is 0 Å². The summed E-state index contributed by atoms with van der Waals surface area (Å²) in [6.07, 6.45) is 0. The van der Waals surface area contributed by atoms with Crippen LogP contribution in [0.1, 0.15) is 0 Å². The SMILES string of the molecule is [B]C(N)(CO)CO. The third-order valence-corrected chi connectivity index (χ3v) is 0.589. The Bertz CT molecular complexity index is 50.9. The Morgan fingerprint density at radius 2 is 1.71 bits per heavy atom. The van der Waals surface area contributed by atoms with Crippen molar-refractivity contribution in [1.82, 2.24) is 0 Å². The van der Waals surface area contributed by atoms with Crippen molar-refractivity contribution in [2.45, 2.75) is 5.44 Å². The molecule has 0 aromatic carbocycles. The van der Waals surface area contributed by atoms with E-state index in [1.54, 1.807) is 0 Å². The highest BCUT2D eigenvalue weighted by molar-refractivity contribution is 6.15. The molecule has 0 bridgehead atoms. The molecule has 4 N–H and O–H groups in total. The molecule has 0 rings (SSSR count). The van der Waals surface area contributed by atoms with Crippen LogP contribution >= 0.6 is 0 Å². The molecule has 0 atom stereocenters. The third-order valence-electron chi connectivity index (χ3n) is 0.589. The molecule has 7 heavy (non-hydrogen) atoms. The number of hydrogen-bond acceptors (Lipinski definition) is 3. The second-order valence-corrected chi connectivity index (χ2v) is 1.55. The van der Waals surface area contributed by atoms with Crippen LogP contribution in [0.15, 0.2) is 0 Å². The topological polar surface area (TPSA) is 66.5 Å². The molecule has 0 aromatic heterocycles. The summed E-state index contributed by atoms with van der Waals surface area (Å²) in [5.74, 6) is 0. The summed E-state index contributed by atoms with van der Waals surface area (Å²) in [6.45, 7) is -0.799. The van der Waals surface area contributed by atoms with E-state index in [1.807, 2.05) is 0 Å². The number of rotatable bonds is 2. The molecule has 0 aliphatic heterocycles. The zero-order valence-electron chi connectivity index (χ0n) is 3.96. The molecule has 2 radical (unpaired) electrons. The van der Waals surface area contributed by atoms with Crippen LogP contribution in [0.4, 0.5) is 0 Å². The van der Waals surface area contributed by atoms with E-state index in [1.165, 1.54) is 0 Å². The first-order valence-corrected chi connectivity index (χ1v) is 1.92. The van der Waals surface area contributed by atoms with Crippen molar-refractivity contribution in [1.29, 1.82) is 0 Å². The first-order valence-electron chi connectivity index (χ1n) is 1.92. The number of nitrogens with two attached hydrogens (primary N) is 1. The maximum absolute atomic E-state index is 8.18. The Balaban J connectivity index is 3.36. The van der Waals surface area contributed by atoms with Crippen molar-refractivity contribution in [3.8, 4) is 0 Å². The van der Waals surface area contributed by atoms with E-state index in [0.717, 1.165) is 0 Å². The van der Waals surface area contributed by atoms with Gasteiger partial charge in [0.25, 0.3) is 0 Å². The van der Waals surface area contributed by atoms with E-state index in [-0.39, 0.29) is 0 Å². The van der Waals surface area contributed by atoms with Crippen LogP contribution in [0.5, 0.6) is 0 Å². The number of aliphatic hydroxyl groups is 2. The van der Waals surface area contributed by atoms with E-state index < -0.39 is 18.7 Å². The Morgan fingerprint density at radius 1 is 1.43 bits per heavy atom. The standard InChI is InChI=1S/C3H8BNO2/c4-3(5,1-6)2-7/h6-7H,1-2,5H2. The van der Waals surface area contributed by atoms with Gasteiger partial charge in [0.2, 0.25) is 0 Å². The lowest BCUT2D eigenvalue weighted by molar-refractivity contribution is 0.171. The highest BCUT2D eigenvalue weighted by atomic mass is 16.3. The van der Waals surface area contributed by atoms with Gasteiger partial charge in [-0.15, -0.1) is 0 Å². The quantitative estimate of drug-likeness (QED) is 0.345. The van der Waals surface area contributed by atoms with Crippen molar-refractivity contribution >= 4 is 7.85 Å². The lowest BCUT2D eigenvalue weighted by atomic mass is 9.80. The maximum Gasteiger partial charge on any atom is 0.101 e. The second kappa shape index (κ2) is 2.30. The monoisotopic (exact) mass is 101 g/mol. The lowest BCUT2D eigenvalue weighted by Crippen LogP contribution is -2.47. The predicted molar refractivity (Wildman–Crippen MR) is 26.8 cm³/mol. The van der Waals surface area contributed by atoms with Crippen molar-refractivity contribution in [2.24, 2.45) is 5.73 Å². The first kappa shape index (κ1) is 6.94. The highest BCUT2D eigenvalue weighted by Gasteiger charge is 2.12. The molecule has 0 amide bonds. The average molecular weight is 101 g/mol. The van der Waals surface area contributed by atoms with Crippen LogP contribution < -0.4 is 5.73 Å². The molecule has 0 heterocycles. The van der Waals surface area contributed by atoms with Crippen LogP contribution in [0.3, 0.4) is 0 Å². The first-order chi connectivity index (χ1) is 3.12. The lowest BCUT2D eigenvalue weighted by Gasteiger charge is -2.17. The molecule has 3 nitrogen and oxygen atoms in total. The van der Waals surface area contributed by atoms with Gasteiger partial charge in [0.15, 0.2) is 0 Å². The summed E-state index contributed by atoms with van der Waals surface area (Å²) in [7, 11) is 4.99. The molecule has 40 valence electrons. The smallest absolute Gasteiger partial charge is 0.101 e. The maximum atomic E-state index is 8.18. The zero-order chi connectivity index (χ0) is 5.91. The number of aliphatic hydroxyl groups excluding tert-OH is 2. The van der Waals surface area contributed by atoms with Gasteiger partial charge in [-0.05, 0) is 0 Å². The van der Waals surface area contributed by atoms with E-state index in [0.29, 0.717) is 0 Å². The predicted octanol–water partition coefficient (Wildman–Crippen LogP) is -2.21. The molecule has 4 heteroatoms. The Hall–Kier alpha value is -0.0551. The molecular formula is C3H8BNO2. The number of hydrogen-bond donors (Lipinski definition) is 3. The Morgan fingerprint density at radius 3 is 1.71 bits per heavy atom. The van der Waals surface area contributed by atoms with E-state index in [4.69, 9.17) is 23.8 Å². The average Bonchev–Trinajstić information content (AvgIpc) is 1.68. The van der Waals surface area contributed by atoms with Crippen LogP contribution in [-0.2, 0) is 0 Å². The Kier molecular flexibility index (Phi) is 2.28. The minimum absolute atomic E-state index is 0.399. The molecule has 0 spiro atoms. The fourth-order valence-electron chi connectivity index (χ4n) is 0.0500. The summed E-state index contributed by atoms with van der Waals surface area (Å²) in [5, 5.41) is 16.4. The van der Waals surface area contributed by atoms with Gasteiger partial charge in [0.05, 0.1) is 13.2 Å². The van der Waals surface area contributed by atoms with Gasteiger partial charge >= 0.3 is 0 Å². The van der Waals surface area contributed by atoms with Crippen molar-refractivity contribution < 1.29 is 10.2 Å².